The van der Waals surface area contributed by atoms with Crippen molar-refractivity contribution in [2.45, 2.75) is 0 Å². The van der Waals surface area contributed by atoms with E-state index in [0.717, 1.165) is 0 Å². The van der Waals surface area contributed by atoms with E-state index < -0.39 is 11.7 Å². The highest BCUT2D eigenvalue weighted by Gasteiger charge is 2.12. The summed E-state index contributed by atoms with van der Waals surface area (Å²) in [5, 5.41) is 11.2. The van der Waals surface area contributed by atoms with Gasteiger partial charge in [0.1, 0.15) is 11.9 Å². The number of carbonyl (C=O) groups excluding carboxylic acids is 1. The summed E-state index contributed by atoms with van der Waals surface area (Å²) in [7, 11) is 0. The first-order valence-corrected chi connectivity index (χ1v) is 5.32. The second-order valence-corrected chi connectivity index (χ2v) is 3.73. The Morgan fingerprint density at radius 1 is 1.37 bits per heavy atom. The van der Waals surface area contributed by atoms with Crippen LogP contribution in [0.15, 0.2) is 36.5 Å². The summed E-state index contributed by atoms with van der Waals surface area (Å²) in [6, 6.07) is 8.54. The van der Waals surface area contributed by atoms with Gasteiger partial charge in [-0.1, -0.05) is 0 Å². The largest absolute Gasteiger partial charge is 0.397 e. The van der Waals surface area contributed by atoms with Gasteiger partial charge in [-0.3, -0.25) is 4.79 Å². The Morgan fingerprint density at radius 3 is 2.63 bits per heavy atom. The van der Waals surface area contributed by atoms with E-state index in [-0.39, 0.29) is 16.9 Å². The smallest absolute Gasteiger partial charge is 0.276 e. The van der Waals surface area contributed by atoms with Gasteiger partial charge in [-0.25, -0.2) is 9.37 Å². The van der Waals surface area contributed by atoms with E-state index in [0.29, 0.717) is 5.69 Å². The molecule has 0 spiro atoms. The van der Waals surface area contributed by atoms with Gasteiger partial charge in [0, 0.05) is 11.9 Å². The van der Waals surface area contributed by atoms with Gasteiger partial charge < -0.3 is 11.1 Å². The van der Waals surface area contributed by atoms with Crippen LogP contribution < -0.4 is 11.1 Å². The Labute approximate surface area is 108 Å². The van der Waals surface area contributed by atoms with Crippen molar-refractivity contribution in [1.29, 1.82) is 5.26 Å². The number of amides is 1. The number of benzene rings is 1. The van der Waals surface area contributed by atoms with Gasteiger partial charge in [-0.05, 0) is 30.3 Å². The second kappa shape index (κ2) is 5.14. The number of hydrogen-bond acceptors (Lipinski definition) is 4. The predicted octanol–water partition coefficient (Wildman–Crippen LogP) is 1.93. The molecule has 2 rings (SSSR count). The van der Waals surface area contributed by atoms with Crippen LogP contribution in [0.25, 0.3) is 0 Å². The first kappa shape index (κ1) is 12.5. The molecule has 0 aliphatic heterocycles. The molecule has 0 fully saturated rings. The van der Waals surface area contributed by atoms with E-state index in [4.69, 9.17) is 11.0 Å². The van der Waals surface area contributed by atoms with E-state index in [1.807, 2.05) is 6.07 Å². The predicted molar refractivity (Wildman–Crippen MR) is 67.7 cm³/mol. The molecule has 94 valence electrons. The Morgan fingerprint density at radius 2 is 2.05 bits per heavy atom. The van der Waals surface area contributed by atoms with Crippen molar-refractivity contribution in [1.82, 2.24) is 4.98 Å². The molecule has 1 amide bonds. The number of rotatable bonds is 2. The zero-order valence-electron chi connectivity index (χ0n) is 9.72. The van der Waals surface area contributed by atoms with Gasteiger partial charge >= 0.3 is 0 Å². The Balaban J connectivity index is 2.21. The van der Waals surface area contributed by atoms with Crippen molar-refractivity contribution in [2.24, 2.45) is 0 Å². The molecule has 1 heterocycles. The van der Waals surface area contributed by atoms with Crippen LogP contribution in [0, 0.1) is 17.1 Å². The summed E-state index contributed by atoms with van der Waals surface area (Å²) in [6.45, 7) is 0. The molecule has 3 N–H and O–H groups in total. The van der Waals surface area contributed by atoms with Gasteiger partial charge in [0.05, 0.1) is 11.3 Å². The van der Waals surface area contributed by atoms with E-state index in [1.165, 1.54) is 36.5 Å². The molecule has 0 radical (unpaired) electrons. The zero-order valence-corrected chi connectivity index (χ0v) is 9.72. The Hall–Kier alpha value is -2.94. The number of nitrogen functional groups attached to an aromatic ring is 1. The van der Waals surface area contributed by atoms with Crippen LogP contribution in [-0.4, -0.2) is 10.9 Å². The van der Waals surface area contributed by atoms with Crippen LogP contribution in [0.2, 0.25) is 0 Å². The normalized spacial score (nSPS) is 9.68. The molecule has 1 aromatic carbocycles. The fraction of sp³-hybridized carbons (Fsp3) is 0. The first-order valence-electron chi connectivity index (χ1n) is 5.32. The lowest BCUT2D eigenvalue weighted by Gasteiger charge is -2.06. The lowest BCUT2D eigenvalue weighted by molar-refractivity contribution is 0.102. The van der Waals surface area contributed by atoms with E-state index >= 15 is 0 Å². The highest BCUT2D eigenvalue weighted by Crippen LogP contribution is 2.14. The summed E-state index contributed by atoms with van der Waals surface area (Å²) in [5.41, 5.74) is 6.47. The van der Waals surface area contributed by atoms with Gasteiger partial charge in [0.25, 0.3) is 5.91 Å². The SMILES string of the molecule is N#Cc1cnc(C(=O)Nc2ccc(F)cc2)c(N)c1. The lowest BCUT2D eigenvalue weighted by atomic mass is 10.2. The molecule has 0 aliphatic rings. The summed E-state index contributed by atoms with van der Waals surface area (Å²) in [4.78, 5) is 15.7. The molecular formula is C13H9FN4O. The molecule has 0 saturated carbocycles. The molecule has 0 atom stereocenters. The summed E-state index contributed by atoms with van der Waals surface area (Å²) >= 11 is 0. The first-order chi connectivity index (χ1) is 9.10. The minimum Gasteiger partial charge on any atom is -0.397 e. The maximum Gasteiger partial charge on any atom is 0.276 e. The summed E-state index contributed by atoms with van der Waals surface area (Å²) in [6.07, 6.45) is 1.26. The number of nitrogens with one attached hydrogen (secondary N) is 1. The number of aromatic nitrogens is 1. The molecule has 6 heteroatoms. The molecule has 19 heavy (non-hydrogen) atoms. The van der Waals surface area contributed by atoms with Crippen molar-refractivity contribution < 1.29 is 9.18 Å². The van der Waals surface area contributed by atoms with Crippen molar-refractivity contribution in [3.63, 3.8) is 0 Å². The summed E-state index contributed by atoms with van der Waals surface area (Å²) < 4.78 is 12.7. The number of carbonyl (C=O) groups is 1. The van der Waals surface area contributed by atoms with Crippen molar-refractivity contribution in [3.8, 4) is 6.07 Å². The molecule has 0 saturated heterocycles. The van der Waals surface area contributed by atoms with E-state index in [1.54, 1.807) is 0 Å². The second-order valence-electron chi connectivity index (χ2n) is 3.73. The van der Waals surface area contributed by atoms with E-state index in [2.05, 4.69) is 10.3 Å². The third kappa shape index (κ3) is 2.84. The van der Waals surface area contributed by atoms with Crippen LogP contribution in [-0.2, 0) is 0 Å². The lowest BCUT2D eigenvalue weighted by Crippen LogP contribution is -2.16. The number of hydrogen-bond donors (Lipinski definition) is 2. The molecule has 0 bridgehead atoms. The minimum absolute atomic E-state index is 0.0170. The van der Waals surface area contributed by atoms with Gasteiger partial charge in [0.2, 0.25) is 0 Å². The quantitative estimate of drug-likeness (QED) is 0.858. The molecule has 2 aromatic rings. The number of nitriles is 1. The fourth-order valence-corrected chi connectivity index (χ4v) is 1.46. The third-order valence-corrected chi connectivity index (χ3v) is 2.36. The van der Waals surface area contributed by atoms with Gasteiger partial charge in [-0.2, -0.15) is 5.26 Å². The Bertz CT molecular complexity index is 661. The Kier molecular flexibility index (Phi) is 3.39. The topological polar surface area (TPSA) is 91.8 Å². The maximum atomic E-state index is 12.7. The fourth-order valence-electron chi connectivity index (χ4n) is 1.46. The molecule has 0 unspecified atom stereocenters. The van der Waals surface area contributed by atoms with Crippen molar-refractivity contribution in [3.05, 3.63) is 53.6 Å². The number of halogens is 1. The number of anilines is 2. The highest BCUT2D eigenvalue weighted by atomic mass is 19.1. The molecule has 1 aromatic heterocycles. The van der Waals surface area contributed by atoms with Gasteiger partial charge in [0.15, 0.2) is 5.69 Å². The minimum atomic E-state index is -0.520. The molecular weight excluding hydrogens is 247 g/mol. The van der Waals surface area contributed by atoms with E-state index in [9.17, 15) is 9.18 Å². The van der Waals surface area contributed by atoms with Crippen molar-refractivity contribution >= 4 is 17.3 Å². The maximum absolute atomic E-state index is 12.7. The number of nitrogens with two attached hydrogens (primary N) is 1. The van der Waals surface area contributed by atoms with Crippen LogP contribution >= 0.6 is 0 Å². The average molecular weight is 256 g/mol. The standard InChI is InChI=1S/C13H9FN4O/c14-9-1-3-10(4-2-9)18-13(19)12-11(16)5-8(6-15)7-17-12/h1-5,7H,16H2,(H,18,19). The molecule has 0 aliphatic carbocycles. The van der Waals surface area contributed by atoms with Crippen molar-refractivity contribution in [2.75, 3.05) is 11.1 Å². The van der Waals surface area contributed by atoms with Crippen LogP contribution in [0.4, 0.5) is 15.8 Å². The average Bonchev–Trinajstić information content (AvgIpc) is 2.41. The van der Waals surface area contributed by atoms with Crippen LogP contribution in [0.1, 0.15) is 16.1 Å². The number of pyridine rings is 1. The van der Waals surface area contributed by atoms with Gasteiger partial charge in [-0.15, -0.1) is 0 Å². The monoisotopic (exact) mass is 256 g/mol. The van der Waals surface area contributed by atoms with Crippen LogP contribution in [0.3, 0.4) is 0 Å². The van der Waals surface area contributed by atoms with Crippen LogP contribution in [0.5, 0.6) is 0 Å². The third-order valence-electron chi connectivity index (χ3n) is 2.36. The summed E-state index contributed by atoms with van der Waals surface area (Å²) in [5.74, 6) is -0.914. The number of nitrogens with zero attached hydrogens (tertiary/aromatic N) is 2. The highest BCUT2D eigenvalue weighted by molar-refractivity contribution is 6.06. The zero-order chi connectivity index (χ0) is 13.8. The molecule has 5 nitrogen and oxygen atoms in total.